The molecule has 3 aromatic carbocycles. The molecule has 2 aliphatic rings. The minimum absolute atomic E-state index is 0.334. The predicted molar refractivity (Wildman–Crippen MR) is 97.1 cm³/mol. The fourth-order valence-electron chi connectivity index (χ4n) is 4.65. The molecule has 1 spiro atoms. The molecule has 0 amide bonds. The van der Waals surface area contributed by atoms with Gasteiger partial charge in [-0.3, -0.25) is 0 Å². The van der Waals surface area contributed by atoms with Crippen molar-refractivity contribution in [2.75, 3.05) is 6.61 Å². The standard InChI is InChI=1S/C23H20O/c1-16-11-12-19-18-9-5-6-10-21(18)23(22(19)15-16)20(13-14-24-23)17-7-3-2-4-8-17/h2-12,15,20H,13-14H2,1H3. The van der Waals surface area contributed by atoms with Crippen molar-refractivity contribution in [2.45, 2.75) is 24.9 Å². The van der Waals surface area contributed by atoms with E-state index in [9.17, 15) is 0 Å². The Labute approximate surface area is 142 Å². The van der Waals surface area contributed by atoms with Gasteiger partial charge >= 0.3 is 0 Å². The summed E-state index contributed by atoms with van der Waals surface area (Å²) in [5.74, 6) is 0.364. The molecular formula is C23H20O. The van der Waals surface area contributed by atoms with Gasteiger partial charge in [0, 0.05) is 12.5 Å². The van der Waals surface area contributed by atoms with Gasteiger partial charge in [-0.15, -0.1) is 0 Å². The molecule has 5 rings (SSSR count). The maximum atomic E-state index is 6.58. The largest absolute Gasteiger partial charge is 0.365 e. The van der Waals surface area contributed by atoms with Crippen molar-refractivity contribution in [1.29, 1.82) is 0 Å². The molecule has 1 fully saturated rings. The van der Waals surface area contributed by atoms with Gasteiger partial charge in [-0.2, -0.15) is 0 Å². The lowest BCUT2D eigenvalue weighted by Crippen LogP contribution is -2.30. The summed E-state index contributed by atoms with van der Waals surface area (Å²) >= 11 is 0. The second-order valence-electron chi connectivity index (χ2n) is 6.93. The Bertz CT molecular complexity index is 912. The van der Waals surface area contributed by atoms with E-state index in [4.69, 9.17) is 4.74 Å². The number of hydrogen-bond acceptors (Lipinski definition) is 1. The van der Waals surface area contributed by atoms with Crippen molar-refractivity contribution in [3.63, 3.8) is 0 Å². The Balaban J connectivity index is 1.82. The summed E-state index contributed by atoms with van der Waals surface area (Å²) in [7, 11) is 0. The van der Waals surface area contributed by atoms with E-state index >= 15 is 0 Å². The van der Waals surface area contributed by atoms with E-state index in [-0.39, 0.29) is 5.60 Å². The molecule has 1 aliphatic heterocycles. The van der Waals surface area contributed by atoms with Gasteiger partial charge in [-0.25, -0.2) is 0 Å². The van der Waals surface area contributed by atoms with E-state index in [2.05, 4.69) is 79.7 Å². The second-order valence-corrected chi connectivity index (χ2v) is 6.93. The molecule has 3 aromatic rings. The number of benzene rings is 3. The molecule has 2 unspecified atom stereocenters. The lowest BCUT2D eigenvalue weighted by atomic mass is 9.75. The minimum Gasteiger partial charge on any atom is -0.365 e. The van der Waals surface area contributed by atoms with Crippen molar-refractivity contribution in [2.24, 2.45) is 0 Å². The lowest BCUT2D eigenvalue weighted by Gasteiger charge is -2.33. The zero-order valence-corrected chi connectivity index (χ0v) is 13.8. The average Bonchev–Trinajstić information content (AvgIpc) is 3.18. The maximum absolute atomic E-state index is 6.58. The quantitative estimate of drug-likeness (QED) is 0.582. The highest BCUT2D eigenvalue weighted by molar-refractivity contribution is 5.81. The zero-order valence-electron chi connectivity index (χ0n) is 13.8. The van der Waals surface area contributed by atoms with Crippen LogP contribution in [0.15, 0.2) is 72.8 Å². The van der Waals surface area contributed by atoms with Crippen LogP contribution in [-0.4, -0.2) is 6.61 Å². The SMILES string of the molecule is Cc1ccc2c(c1)C1(OCCC1c1ccccc1)c1ccccc1-2. The Morgan fingerprint density at radius 2 is 1.58 bits per heavy atom. The van der Waals surface area contributed by atoms with Gasteiger partial charge < -0.3 is 4.74 Å². The molecule has 1 heteroatoms. The summed E-state index contributed by atoms with van der Waals surface area (Å²) < 4.78 is 6.58. The van der Waals surface area contributed by atoms with Gasteiger partial charge in [-0.05, 0) is 41.2 Å². The van der Waals surface area contributed by atoms with E-state index in [0.717, 1.165) is 13.0 Å². The molecule has 1 heterocycles. The maximum Gasteiger partial charge on any atom is 0.126 e. The van der Waals surface area contributed by atoms with E-state index < -0.39 is 0 Å². The Morgan fingerprint density at radius 1 is 0.833 bits per heavy atom. The van der Waals surface area contributed by atoms with E-state index in [1.165, 1.54) is 33.4 Å². The topological polar surface area (TPSA) is 9.23 Å². The van der Waals surface area contributed by atoms with E-state index in [1.54, 1.807) is 0 Å². The molecule has 0 saturated carbocycles. The Hall–Kier alpha value is -2.38. The lowest BCUT2D eigenvalue weighted by molar-refractivity contribution is 0.0300. The zero-order chi connectivity index (χ0) is 16.1. The first-order chi connectivity index (χ1) is 11.8. The molecule has 1 aliphatic carbocycles. The summed E-state index contributed by atoms with van der Waals surface area (Å²) in [6.45, 7) is 2.98. The molecule has 0 radical (unpaired) electrons. The van der Waals surface area contributed by atoms with Crippen LogP contribution in [0.25, 0.3) is 11.1 Å². The van der Waals surface area contributed by atoms with Crippen LogP contribution in [0.5, 0.6) is 0 Å². The van der Waals surface area contributed by atoms with Crippen LogP contribution in [0.1, 0.15) is 34.6 Å². The van der Waals surface area contributed by atoms with Crippen LogP contribution in [0.2, 0.25) is 0 Å². The van der Waals surface area contributed by atoms with Crippen molar-refractivity contribution in [3.05, 3.63) is 95.1 Å². The Kier molecular flexibility index (Phi) is 2.95. The first-order valence-corrected chi connectivity index (χ1v) is 8.70. The van der Waals surface area contributed by atoms with Crippen molar-refractivity contribution < 1.29 is 4.74 Å². The van der Waals surface area contributed by atoms with Crippen LogP contribution < -0.4 is 0 Å². The van der Waals surface area contributed by atoms with Crippen molar-refractivity contribution in [3.8, 4) is 11.1 Å². The summed E-state index contributed by atoms with van der Waals surface area (Å²) in [5.41, 5.74) is 7.67. The van der Waals surface area contributed by atoms with Crippen LogP contribution in [0.3, 0.4) is 0 Å². The van der Waals surface area contributed by atoms with Crippen LogP contribution in [0, 0.1) is 6.92 Å². The summed E-state index contributed by atoms with van der Waals surface area (Å²) in [6.07, 6.45) is 1.06. The van der Waals surface area contributed by atoms with Gasteiger partial charge in [0.2, 0.25) is 0 Å². The van der Waals surface area contributed by atoms with E-state index in [0.29, 0.717) is 5.92 Å². The summed E-state index contributed by atoms with van der Waals surface area (Å²) in [5, 5.41) is 0. The van der Waals surface area contributed by atoms with E-state index in [1.807, 2.05) is 0 Å². The molecule has 1 nitrogen and oxygen atoms in total. The molecule has 0 N–H and O–H groups in total. The third kappa shape index (κ3) is 1.73. The first kappa shape index (κ1) is 14.0. The number of ether oxygens (including phenoxy) is 1. The number of rotatable bonds is 1. The second kappa shape index (κ2) is 5.06. The number of aryl methyl sites for hydroxylation is 1. The third-order valence-electron chi connectivity index (χ3n) is 5.62. The summed E-state index contributed by atoms with van der Waals surface area (Å²) in [4.78, 5) is 0. The fraction of sp³-hybridized carbons (Fsp3) is 0.217. The highest BCUT2D eigenvalue weighted by Crippen LogP contribution is 2.59. The van der Waals surface area contributed by atoms with Gasteiger partial charge in [0.25, 0.3) is 0 Å². The molecular weight excluding hydrogens is 292 g/mol. The first-order valence-electron chi connectivity index (χ1n) is 8.70. The minimum atomic E-state index is -0.334. The number of fused-ring (bicyclic) bond motifs is 5. The van der Waals surface area contributed by atoms with Gasteiger partial charge in [0.05, 0.1) is 0 Å². The fourth-order valence-corrected chi connectivity index (χ4v) is 4.65. The van der Waals surface area contributed by atoms with Gasteiger partial charge in [0.1, 0.15) is 5.60 Å². The molecule has 118 valence electrons. The molecule has 0 bridgehead atoms. The number of hydrogen-bond donors (Lipinski definition) is 0. The van der Waals surface area contributed by atoms with Gasteiger partial charge in [-0.1, -0.05) is 78.4 Å². The highest BCUT2D eigenvalue weighted by atomic mass is 16.5. The normalized spacial score (nSPS) is 24.1. The molecule has 0 aromatic heterocycles. The smallest absolute Gasteiger partial charge is 0.126 e. The summed E-state index contributed by atoms with van der Waals surface area (Å²) in [6, 6.07) is 26.4. The van der Waals surface area contributed by atoms with Crippen LogP contribution in [0.4, 0.5) is 0 Å². The molecule has 24 heavy (non-hydrogen) atoms. The van der Waals surface area contributed by atoms with Crippen LogP contribution in [-0.2, 0) is 10.3 Å². The monoisotopic (exact) mass is 312 g/mol. The van der Waals surface area contributed by atoms with Crippen molar-refractivity contribution >= 4 is 0 Å². The van der Waals surface area contributed by atoms with Crippen molar-refractivity contribution in [1.82, 2.24) is 0 Å². The van der Waals surface area contributed by atoms with Gasteiger partial charge in [0.15, 0.2) is 0 Å². The third-order valence-corrected chi connectivity index (χ3v) is 5.62. The predicted octanol–water partition coefficient (Wildman–Crippen LogP) is 5.42. The average molecular weight is 312 g/mol. The molecule has 1 saturated heterocycles. The highest BCUT2D eigenvalue weighted by Gasteiger charge is 2.53. The van der Waals surface area contributed by atoms with Crippen LogP contribution >= 0.6 is 0 Å². The molecule has 2 atom stereocenters. The Morgan fingerprint density at radius 3 is 2.46 bits per heavy atom.